The van der Waals surface area contributed by atoms with Gasteiger partial charge in [0.25, 0.3) is 0 Å². The number of hydrogen-bond donors (Lipinski definition) is 1. The van der Waals surface area contributed by atoms with E-state index in [2.05, 4.69) is 13.8 Å². The Kier molecular flexibility index (Phi) is 3.31. The third-order valence-corrected chi connectivity index (χ3v) is 8.26. The lowest BCUT2D eigenvalue weighted by Crippen LogP contribution is -2.51. The first-order chi connectivity index (χ1) is 10.9. The summed E-state index contributed by atoms with van der Waals surface area (Å²) in [7, 11) is 0. The summed E-state index contributed by atoms with van der Waals surface area (Å²) in [5, 5.41) is 9.63. The Labute approximate surface area is 138 Å². The monoisotopic (exact) mass is 316 g/mol. The second-order valence-corrected chi connectivity index (χ2v) is 8.98. The van der Waals surface area contributed by atoms with Crippen molar-refractivity contribution < 1.29 is 14.7 Å². The molecule has 0 radical (unpaired) electrons. The average molecular weight is 316 g/mol. The highest BCUT2D eigenvalue weighted by molar-refractivity contribution is 5.91. The highest BCUT2D eigenvalue weighted by Crippen LogP contribution is 2.66. The van der Waals surface area contributed by atoms with Crippen LogP contribution in [-0.2, 0) is 9.59 Å². The number of hydrogen-bond acceptors (Lipinski definition) is 2. The molecule has 0 bridgehead atoms. The largest absolute Gasteiger partial charge is 0.481 e. The second-order valence-electron chi connectivity index (χ2n) is 8.98. The number of allylic oxidation sites excluding steroid dienone is 1. The molecule has 0 aromatic heterocycles. The molecule has 0 saturated heterocycles. The van der Waals surface area contributed by atoms with Gasteiger partial charge < -0.3 is 5.11 Å². The van der Waals surface area contributed by atoms with Gasteiger partial charge in [0.2, 0.25) is 0 Å². The molecule has 126 valence electrons. The van der Waals surface area contributed by atoms with Crippen LogP contribution in [-0.4, -0.2) is 16.9 Å². The number of carbonyl (C=O) groups is 2. The molecule has 0 spiro atoms. The Balaban J connectivity index is 1.67. The summed E-state index contributed by atoms with van der Waals surface area (Å²) >= 11 is 0. The first-order valence-electron chi connectivity index (χ1n) is 9.33. The standard InChI is InChI=1S/C20H28O3/c1-19-9-7-13(21)11-12(19)3-4-14-15-5-6-17(18(22)23)20(15,2)10-8-16(14)19/h11,14-17H,3-10H2,1-2H3,(H,22,23)/t14?,15?,16?,17?,19-,20-/m0/s1. The van der Waals surface area contributed by atoms with Crippen molar-refractivity contribution in [3.8, 4) is 0 Å². The summed E-state index contributed by atoms with van der Waals surface area (Å²) in [6.07, 6.45) is 9.99. The number of ketones is 1. The van der Waals surface area contributed by atoms with Crippen LogP contribution in [0, 0.1) is 34.5 Å². The molecule has 4 unspecified atom stereocenters. The van der Waals surface area contributed by atoms with Crippen LogP contribution in [0.4, 0.5) is 0 Å². The van der Waals surface area contributed by atoms with Crippen LogP contribution in [0.15, 0.2) is 11.6 Å². The molecule has 0 amide bonds. The molecule has 3 fully saturated rings. The van der Waals surface area contributed by atoms with Gasteiger partial charge in [0.1, 0.15) is 0 Å². The Morgan fingerprint density at radius 1 is 1.09 bits per heavy atom. The van der Waals surface area contributed by atoms with Crippen LogP contribution in [0.25, 0.3) is 0 Å². The van der Waals surface area contributed by atoms with E-state index >= 15 is 0 Å². The number of carboxylic acids is 1. The predicted molar refractivity (Wildman–Crippen MR) is 87.8 cm³/mol. The molecule has 0 aromatic carbocycles. The van der Waals surface area contributed by atoms with Gasteiger partial charge in [-0.25, -0.2) is 0 Å². The summed E-state index contributed by atoms with van der Waals surface area (Å²) < 4.78 is 0. The van der Waals surface area contributed by atoms with E-state index in [1.807, 2.05) is 6.08 Å². The van der Waals surface area contributed by atoms with Crippen LogP contribution in [0.1, 0.15) is 65.2 Å². The van der Waals surface area contributed by atoms with Gasteiger partial charge in [-0.2, -0.15) is 0 Å². The van der Waals surface area contributed by atoms with Crippen molar-refractivity contribution in [2.24, 2.45) is 34.5 Å². The van der Waals surface area contributed by atoms with Crippen LogP contribution in [0.2, 0.25) is 0 Å². The molecule has 1 N–H and O–H groups in total. The van der Waals surface area contributed by atoms with Crippen molar-refractivity contribution in [2.75, 3.05) is 0 Å². The fourth-order valence-electron chi connectivity index (χ4n) is 6.97. The predicted octanol–water partition coefficient (Wildman–Crippen LogP) is 4.22. The lowest BCUT2D eigenvalue weighted by atomic mass is 9.47. The number of carbonyl (C=O) groups excluding carboxylic acids is 1. The smallest absolute Gasteiger partial charge is 0.307 e. The Bertz CT molecular complexity index is 592. The quantitative estimate of drug-likeness (QED) is 0.788. The summed E-state index contributed by atoms with van der Waals surface area (Å²) in [5.41, 5.74) is 1.58. The fourth-order valence-corrected chi connectivity index (χ4v) is 6.97. The van der Waals surface area contributed by atoms with E-state index in [-0.39, 0.29) is 16.7 Å². The Morgan fingerprint density at radius 3 is 2.61 bits per heavy atom. The van der Waals surface area contributed by atoms with Gasteiger partial charge in [-0.1, -0.05) is 19.4 Å². The van der Waals surface area contributed by atoms with E-state index in [0.29, 0.717) is 30.0 Å². The first-order valence-corrected chi connectivity index (χ1v) is 9.33. The number of fused-ring (bicyclic) bond motifs is 5. The Hall–Kier alpha value is -1.12. The molecule has 6 atom stereocenters. The highest BCUT2D eigenvalue weighted by Gasteiger charge is 2.60. The fraction of sp³-hybridized carbons (Fsp3) is 0.800. The van der Waals surface area contributed by atoms with Crippen molar-refractivity contribution in [1.82, 2.24) is 0 Å². The second kappa shape index (κ2) is 4.94. The molecular formula is C20H28O3. The minimum atomic E-state index is -0.584. The summed E-state index contributed by atoms with van der Waals surface area (Å²) in [6.45, 7) is 4.63. The normalized spacial score (nSPS) is 49.0. The molecule has 0 heterocycles. The third-order valence-electron chi connectivity index (χ3n) is 8.26. The van der Waals surface area contributed by atoms with Crippen molar-refractivity contribution >= 4 is 11.8 Å². The Morgan fingerprint density at radius 2 is 1.87 bits per heavy atom. The molecule has 0 aliphatic heterocycles. The summed E-state index contributed by atoms with van der Waals surface area (Å²) in [4.78, 5) is 23.5. The van der Waals surface area contributed by atoms with E-state index in [9.17, 15) is 14.7 Å². The molecule has 3 saturated carbocycles. The van der Waals surface area contributed by atoms with E-state index < -0.39 is 5.97 Å². The van der Waals surface area contributed by atoms with Gasteiger partial charge >= 0.3 is 5.97 Å². The maximum Gasteiger partial charge on any atom is 0.307 e. The van der Waals surface area contributed by atoms with E-state index in [4.69, 9.17) is 0 Å². The highest BCUT2D eigenvalue weighted by atomic mass is 16.4. The lowest BCUT2D eigenvalue weighted by Gasteiger charge is -2.57. The van der Waals surface area contributed by atoms with Crippen molar-refractivity contribution in [3.05, 3.63) is 11.6 Å². The summed E-state index contributed by atoms with van der Waals surface area (Å²) in [5.74, 6) is 1.46. The first kappa shape index (κ1) is 15.4. The van der Waals surface area contributed by atoms with Gasteiger partial charge in [0.05, 0.1) is 5.92 Å². The minimum absolute atomic E-state index is 0.00490. The van der Waals surface area contributed by atoms with E-state index in [1.54, 1.807) is 0 Å². The molecule has 4 aliphatic carbocycles. The van der Waals surface area contributed by atoms with Crippen molar-refractivity contribution in [1.29, 1.82) is 0 Å². The van der Waals surface area contributed by atoms with E-state index in [0.717, 1.165) is 44.9 Å². The molecule has 3 nitrogen and oxygen atoms in total. The van der Waals surface area contributed by atoms with Gasteiger partial charge in [-0.15, -0.1) is 0 Å². The number of aliphatic carboxylic acids is 1. The molecule has 4 aliphatic rings. The zero-order valence-electron chi connectivity index (χ0n) is 14.3. The number of rotatable bonds is 1. The lowest BCUT2D eigenvalue weighted by molar-refractivity contribution is -0.149. The van der Waals surface area contributed by atoms with Gasteiger partial charge in [-0.3, -0.25) is 9.59 Å². The van der Waals surface area contributed by atoms with Gasteiger partial charge in [0, 0.05) is 6.42 Å². The average Bonchev–Trinajstić information content (AvgIpc) is 2.85. The van der Waals surface area contributed by atoms with Crippen molar-refractivity contribution in [3.63, 3.8) is 0 Å². The van der Waals surface area contributed by atoms with Crippen LogP contribution in [0.3, 0.4) is 0 Å². The van der Waals surface area contributed by atoms with Crippen LogP contribution in [0.5, 0.6) is 0 Å². The third kappa shape index (κ3) is 2.01. The molecular weight excluding hydrogens is 288 g/mol. The maximum absolute atomic E-state index is 11.8. The number of carboxylic acid groups (broad SMARTS) is 1. The molecule has 0 aromatic rings. The maximum atomic E-state index is 11.8. The van der Waals surface area contributed by atoms with Crippen LogP contribution >= 0.6 is 0 Å². The van der Waals surface area contributed by atoms with Gasteiger partial charge in [-0.05, 0) is 79.6 Å². The zero-order valence-corrected chi connectivity index (χ0v) is 14.3. The molecule has 3 heteroatoms. The van der Waals surface area contributed by atoms with E-state index in [1.165, 1.54) is 5.57 Å². The summed E-state index contributed by atoms with van der Waals surface area (Å²) in [6, 6.07) is 0. The SMILES string of the molecule is C[C@]12CCC3C(CCC4=CC(=O)CC[C@@]43C)C1CCC2C(=O)O. The molecule has 23 heavy (non-hydrogen) atoms. The molecule has 4 rings (SSSR count). The zero-order chi connectivity index (χ0) is 16.4. The topological polar surface area (TPSA) is 54.4 Å². The minimum Gasteiger partial charge on any atom is -0.481 e. The van der Waals surface area contributed by atoms with Crippen LogP contribution < -0.4 is 0 Å². The van der Waals surface area contributed by atoms with Gasteiger partial charge in [0.15, 0.2) is 5.78 Å². The van der Waals surface area contributed by atoms with Crippen molar-refractivity contribution in [2.45, 2.75) is 65.2 Å².